The molecular formula is C17H17BrN2O3. The molecule has 0 saturated carbocycles. The summed E-state index contributed by atoms with van der Waals surface area (Å²) in [5.41, 5.74) is 2.50. The van der Waals surface area contributed by atoms with Crippen LogP contribution in [0.1, 0.15) is 11.1 Å². The molecule has 0 fully saturated rings. The van der Waals surface area contributed by atoms with Crippen LogP contribution in [0, 0.1) is 6.92 Å². The Morgan fingerprint density at radius 1 is 1.30 bits per heavy atom. The van der Waals surface area contributed by atoms with Crippen LogP contribution in [0.2, 0.25) is 0 Å². The van der Waals surface area contributed by atoms with Crippen LogP contribution in [-0.2, 0) is 9.63 Å². The zero-order valence-corrected chi connectivity index (χ0v) is 14.5. The minimum atomic E-state index is -0.307. The zero-order chi connectivity index (χ0) is 16.7. The highest BCUT2D eigenvalue weighted by molar-refractivity contribution is 9.10. The van der Waals surface area contributed by atoms with Gasteiger partial charge < -0.3 is 14.9 Å². The number of carbonyl (C=O) groups is 1. The summed E-state index contributed by atoms with van der Waals surface area (Å²) >= 11 is 3.40. The van der Waals surface area contributed by atoms with Crippen molar-refractivity contribution in [2.75, 3.05) is 19.0 Å². The van der Waals surface area contributed by atoms with E-state index in [0.29, 0.717) is 11.4 Å². The molecule has 0 radical (unpaired) electrons. The molecule has 5 nitrogen and oxygen atoms in total. The molecule has 0 aromatic heterocycles. The number of nitrogens with zero attached hydrogens (tertiary/aromatic N) is 1. The summed E-state index contributed by atoms with van der Waals surface area (Å²) in [4.78, 5) is 16.9. The van der Waals surface area contributed by atoms with Gasteiger partial charge >= 0.3 is 0 Å². The van der Waals surface area contributed by atoms with Crippen molar-refractivity contribution in [3.8, 4) is 5.75 Å². The molecule has 23 heavy (non-hydrogen) atoms. The Bertz CT molecular complexity index is 717. The number of carbonyl (C=O) groups excluding carboxylic acids is 1. The van der Waals surface area contributed by atoms with Crippen LogP contribution in [0.4, 0.5) is 5.69 Å². The molecule has 0 aliphatic carbocycles. The number of methoxy groups -OCH3 is 1. The highest BCUT2D eigenvalue weighted by Crippen LogP contribution is 2.25. The summed E-state index contributed by atoms with van der Waals surface area (Å²) in [6.07, 6.45) is 1.55. The quantitative estimate of drug-likeness (QED) is 0.616. The summed E-state index contributed by atoms with van der Waals surface area (Å²) in [6, 6.07) is 13.1. The van der Waals surface area contributed by atoms with E-state index in [-0.39, 0.29) is 12.5 Å². The number of halogens is 1. The van der Waals surface area contributed by atoms with Gasteiger partial charge in [-0.1, -0.05) is 45.4 Å². The lowest BCUT2D eigenvalue weighted by Crippen LogP contribution is -2.17. The van der Waals surface area contributed by atoms with E-state index in [1.807, 2.05) is 43.3 Å². The first-order chi connectivity index (χ1) is 11.1. The maximum atomic E-state index is 11.9. The average molecular weight is 377 g/mol. The van der Waals surface area contributed by atoms with Crippen LogP contribution in [0.3, 0.4) is 0 Å². The summed E-state index contributed by atoms with van der Waals surface area (Å²) < 4.78 is 6.11. The monoisotopic (exact) mass is 376 g/mol. The normalized spacial score (nSPS) is 10.6. The molecule has 2 aromatic rings. The largest absolute Gasteiger partial charge is 0.495 e. The van der Waals surface area contributed by atoms with Crippen molar-refractivity contribution < 1.29 is 14.4 Å². The lowest BCUT2D eigenvalue weighted by molar-refractivity contribution is -0.120. The molecule has 1 N–H and O–H groups in total. The number of oxime groups is 1. The third-order valence-electron chi connectivity index (χ3n) is 3.00. The molecule has 120 valence electrons. The molecule has 0 aliphatic heterocycles. The van der Waals surface area contributed by atoms with Crippen LogP contribution in [0.15, 0.2) is 52.1 Å². The van der Waals surface area contributed by atoms with E-state index >= 15 is 0 Å². The summed E-state index contributed by atoms with van der Waals surface area (Å²) in [5, 5.41) is 6.54. The maximum Gasteiger partial charge on any atom is 0.265 e. The first-order valence-electron chi connectivity index (χ1n) is 6.94. The van der Waals surface area contributed by atoms with E-state index in [9.17, 15) is 4.79 Å². The van der Waals surface area contributed by atoms with Crippen molar-refractivity contribution in [1.82, 2.24) is 0 Å². The van der Waals surface area contributed by atoms with Gasteiger partial charge in [0.05, 0.1) is 19.0 Å². The van der Waals surface area contributed by atoms with Crippen molar-refractivity contribution >= 4 is 33.7 Å². The van der Waals surface area contributed by atoms with Crippen molar-refractivity contribution in [2.24, 2.45) is 5.16 Å². The summed E-state index contributed by atoms with van der Waals surface area (Å²) in [5.74, 6) is 0.291. The first-order valence-corrected chi connectivity index (χ1v) is 7.74. The topological polar surface area (TPSA) is 59.9 Å². The predicted molar refractivity (Wildman–Crippen MR) is 94.0 cm³/mol. The maximum absolute atomic E-state index is 11.9. The molecule has 0 heterocycles. The standard InChI is InChI=1S/C17H17BrN2O3/c1-12-7-8-16(22-2)15(9-12)20-17(21)11-23-19-10-13-5-3-4-6-14(13)18/h3-10H,11H2,1-2H3,(H,20,21)/b19-10-. The van der Waals surface area contributed by atoms with E-state index < -0.39 is 0 Å². The third kappa shape index (κ3) is 5.10. The molecule has 0 spiro atoms. The van der Waals surface area contributed by atoms with Crippen LogP contribution >= 0.6 is 15.9 Å². The Labute approximate surface area is 143 Å². The van der Waals surface area contributed by atoms with Crippen LogP contribution in [-0.4, -0.2) is 25.8 Å². The minimum absolute atomic E-state index is 0.182. The molecule has 0 bridgehead atoms. The molecule has 0 atom stereocenters. The van der Waals surface area contributed by atoms with Gasteiger partial charge in [-0.05, 0) is 30.7 Å². The van der Waals surface area contributed by atoms with Gasteiger partial charge in [-0.2, -0.15) is 0 Å². The van der Waals surface area contributed by atoms with Crippen LogP contribution in [0.5, 0.6) is 5.75 Å². The SMILES string of the molecule is COc1ccc(C)cc1NC(=O)CO/N=C\c1ccccc1Br. The molecule has 0 aliphatic rings. The second-order valence-electron chi connectivity index (χ2n) is 4.78. The fourth-order valence-corrected chi connectivity index (χ4v) is 2.26. The van der Waals surface area contributed by atoms with Gasteiger partial charge in [0, 0.05) is 10.0 Å². The van der Waals surface area contributed by atoms with Gasteiger partial charge in [0.25, 0.3) is 5.91 Å². The van der Waals surface area contributed by atoms with Gasteiger partial charge in [-0.25, -0.2) is 0 Å². The Morgan fingerprint density at radius 3 is 2.83 bits per heavy atom. The zero-order valence-electron chi connectivity index (χ0n) is 12.9. The highest BCUT2D eigenvalue weighted by atomic mass is 79.9. The number of hydrogen-bond acceptors (Lipinski definition) is 4. The van der Waals surface area contributed by atoms with E-state index in [0.717, 1.165) is 15.6 Å². The van der Waals surface area contributed by atoms with Gasteiger partial charge in [0.2, 0.25) is 0 Å². The number of ether oxygens (including phenoxy) is 1. The van der Waals surface area contributed by atoms with Crippen molar-refractivity contribution in [2.45, 2.75) is 6.92 Å². The lowest BCUT2D eigenvalue weighted by Gasteiger charge is -2.10. The molecule has 0 unspecified atom stereocenters. The van der Waals surface area contributed by atoms with Crippen molar-refractivity contribution in [3.63, 3.8) is 0 Å². The Balaban J connectivity index is 1.88. The average Bonchev–Trinajstić information content (AvgIpc) is 2.53. The van der Waals surface area contributed by atoms with E-state index in [1.54, 1.807) is 19.4 Å². The molecule has 2 aromatic carbocycles. The Kier molecular flexibility index (Phi) is 6.17. The summed E-state index contributed by atoms with van der Waals surface area (Å²) in [6.45, 7) is 1.76. The van der Waals surface area contributed by atoms with Crippen molar-refractivity contribution in [3.05, 3.63) is 58.1 Å². The third-order valence-corrected chi connectivity index (χ3v) is 3.72. The molecule has 0 saturated heterocycles. The Morgan fingerprint density at radius 2 is 2.09 bits per heavy atom. The Hall–Kier alpha value is -2.34. The fourth-order valence-electron chi connectivity index (χ4n) is 1.88. The second kappa shape index (κ2) is 8.33. The molecule has 2 rings (SSSR count). The molecular weight excluding hydrogens is 360 g/mol. The number of benzene rings is 2. The summed E-state index contributed by atoms with van der Waals surface area (Å²) in [7, 11) is 1.55. The first kappa shape index (κ1) is 17.0. The van der Waals surface area contributed by atoms with Gasteiger partial charge in [0.1, 0.15) is 5.75 Å². The number of aryl methyl sites for hydroxylation is 1. The molecule has 1 amide bonds. The number of hydrogen-bond donors (Lipinski definition) is 1. The lowest BCUT2D eigenvalue weighted by atomic mass is 10.2. The smallest absolute Gasteiger partial charge is 0.265 e. The molecule has 6 heteroatoms. The highest BCUT2D eigenvalue weighted by Gasteiger charge is 2.08. The number of amides is 1. The van der Waals surface area contributed by atoms with Crippen molar-refractivity contribution in [1.29, 1.82) is 0 Å². The van der Waals surface area contributed by atoms with Gasteiger partial charge in [-0.3, -0.25) is 4.79 Å². The fraction of sp³-hybridized carbons (Fsp3) is 0.176. The van der Waals surface area contributed by atoms with E-state index in [2.05, 4.69) is 26.4 Å². The van der Waals surface area contributed by atoms with Crippen LogP contribution in [0.25, 0.3) is 0 Å². The van der Waals surface area contributed by atoms with Gasteiger partial charge in [-0.15, -0.1) is 0 Å². The number of nitrogens with one attached hydrogen (secondary N) is 1. The van der Waals surface area contributed by atoms with E-state index in [4.69, 9.17) is 9.57 Å². The minimum Gasteiger partial charge on any atom is -0.495 e. The number of rotatable bonds is 6. The van der Waals surface area contributed by atoms with E-state index in [1.165, 1.54) is 0 Å². The predicted octanol–water partition coefficient (Wildman–Crippen LogP) is 3.76. The van der Waals surface area contributed by atoms with Crippen LogP contribution < -0.4 is 10.1 Å². The second-order valence-corrected chi connectivity index (χ2v) is 5.64. The number of anilines is 1. The van der Waals surface area contributed by atoms with Gasteiger partial charge in [0.15, 0.2) is 6.61 Å².